The molecule has 1 amide bonds. The number of nitrogens with two attached hydrogens (primary N) is 1. The lowest BCUT2D eigenvalue weighted by Gasteiger charge is -2.37. The minimum Gasteiger partial charge on any atom is -0.397 e. The standard InChI is InChI=1S/C21H25Cl2N3O/c1-12-6-13(2)11-26(10-12)20-9-19(18(24)7-14(20)3)25-21(27)16-5-4-15(22)8-17(16)23/h4-5,7-9,12-13H,6,10-11,24H2,1-3H3,(H,25,27)/t12-,13-/m1/s1. The molecule has 4 nitrogen and oxygen atoms in total. The maximum Gasteiger partial charge on any atom is 0.257 e. The molecule has 2 aromatic rings. The van der Waals surface area contributed by atoms with Crippen LogP contribution >= 0.6 is 23.2 Å². The van der Waals surface area contributed by atoms with Crippen molar-refractivity contribution in [3.8, 4) is 0 Å². The third-order valence-corrected chi connectivity index (χ3v) is 5.55. The van der Waals surface area contributed by atoms with E-state index in [1.54, 1.807) is 18.2 Å². The molecular weight excluding hydrogens is 381 g/mol. The van der Waals surface area contributed by atoms with Crippen LogP contribution in [0.4, 0.5) is 17.1 Å². The van der Waals surface area contributed by atoms with E-state index in [0.717, 1.165) is 24.3 Å². The van der Waals surface area contributed by atoms with Crippen molar-refractivity contribution < 1.29 is 4.79 Å². The Bertz CT molecular complexity index is 859. The van der Waals surface area contributed by atoms with Crippen molar-refractivity contribution in [2.75, 3.05) is 29.0 Å². The van der Waals surface area contributed by atoms with Crippen molar-refractivity contribution in [3.63, 3.8) is 0 Å². The number of hydrogen-bond acceptors (Lipinski definition) is 3. The second-order valence-corrected chi connectivity index (χ2v) is 8.50. The van der Waals surface area contributed by atoms with Crippen LogP contribution in [0.3, 0.4) is 0 Å². The summed E-state index contributed by atoms with van der Waals surface area (Å²) in [7, 11) is 0. The van der Waals surface area contributed by atoms with Gasteiger partial charge in [0.25, 0.3) is 5.91 Å². The third kappa shape index (κ3) is 4.50. The van der Waals surface area contributed by atoms with E-state index in [1.807, 2.05) is 12.1 Å². The molecule has 0 unspecified atom stereocenters. The molecule has 0 aliphatic carbocycles. The first-order chi connectivity index (χ1) is 12.7. The van der Waals surface area contributed by atoms with Crippen LogP contribution in [0.2, 0.25) is 10.0 Å². The number of rotatable bonds is 3. The molecule has 27 heavy (non-hydrogen) atoms. The van der Waals surface area contributed by atoms with E-state index in [0.29, 0.717) is 38.8 Å². The summed E-state index contributed by atoms with van der Waals surface area (Å²) in [6.45, 7) is 8.62. The van der Waals surface area contributed by atoms with Gasteiger partial charge in [-0.15, -0.1) is 0 Å². The van der Waals surface area contributed by atoms with E-state index in [1.165, 1.54) is 6.42 Å². The Balaban J connectivity index is 1.88. The van der Waals surface area contributed by atoms with Gasteiger partial charge < -0.3 is 16.0 Å². The molecule has 3 rings (SSSR count). The van der Waals surface area contributed by atoms with Gasteiger partial charge in [0.2, 0.25) is 0 Å². The van der Waals surface area contributed by atoms with E-state index in [-0.39, 0.29) is 5.91 Å². The number of carbonyl (C=O) groups excluding carboxylic acids is 1. The van der Waals surface area contributed by atoms with Crippen LogP contribution in [0.1, 0.15) is 36.2 Å². The summed E-state index contributed by atoms with van der Waals surface area (Å²) < 4.78 is 0. The van der Waals surface area contributed by atoms with Gasteiger partial charge in [-0.3, -0.25) is 4.79 Å². The highest BCUT2D eigenvalue weighted by Gasteiger charge is 2.24. The van der Waals surface area contributed by atoms with E-state index in [9.17, 15) is 4.79 Å². The second-order valence-electron chi connectivity index (χ2n) is 7.66. The van der Waals surface area contributed by atoms with Gasteiger partial charge in [-0.1, -0.05) is 37.0 Å². The van der Waals surface area contributed by atoms with Gasteiger partial charge in [-0.2, -0.15) is 0 Å². The van der Waals surface area contributed by atoms with Crippen LogP contribution in [-0.4, -0.2) is 19.0 Å². The smallest absolute Gasteiger partial charge is 0.257 e. The highest BCUT2D eigenvalue weighted by Crippen LogP contribution is 2.34. The molecule has 1 fully saturated rings. The van der Waals surface area contributed by atoms with Crippen LogP contribution in [-0.2, 0) is 0 Å². The lowest BCUT2D eigenvalue weighted by Crippen LogP contribution is -2.39. The Labute approximate surface area is 170 Å². The summed E-state index contributed by atoms with van der Waals surface area (Å²) in [4.78, 5) is 15.1. The average Bonchev–Trinajstić information content (AvgIpc) is 2.56. The van der Waals surface area contributed by atoms with Gasteiger partial charge >= 0.3 is 0 Å². The first-order valence-corrected chi connectivity index (χ1v) is 9.91. The highest BCUT2D eigenvalue weighted by molar-refractivity contribution is 6.37. The fourth-order valence-electron chi connectivity index (χ4n) is 3.89. The van der Waals surface area contributed by atoms with E-state index >= 15 is 0 Å². The van der Waals surface area contributed by atoms with Crippen molar-refractivity contribution in [1.82, 2.24) is 0 Å². The summed E-state index contributed by atoms with van der Waals surface area (Å²) in [5.74, 6) is 0.965. The number of nitrogen functional groups attached to an aromatic ring is 1. The number of nitrogens with one attached hydrogen (secondary N) is 1. The summed E-state index contributed by atoms with van der Waals surface area (Å²) in [5, 5.41) is 3.70. The van der Waals surface area contributed by atoms with Crippen molar-refractivity contribution in [3.05, 3.63) is 51.5 Å². The Morgan fingerprint density at radius 2 is 1.81 bits per heavy atom. The lowest BCUT2D eigenvalue weighted by molar-refractivity contribution is 0.102. The predicted molar refractivity (Wildman–Crippen MR) is 115 cm³/mol. The molecule has 0 saturated carbocycles. The molecule has 0 spiro atoms. The minimum absolute atomic E-state index is 0.307. The summed E-state index contributed by atoms with van der Waals surface area (Å²) >= 11 is 12.1. The molecule has 1 saturated heterocycles. The summed E-state index contributed by atoms with van der Waals surface area (Å²) in [5.41, 5.74) is 9.89. The van der Waals surface area contributed by atoms with Crippen molar-refractivity contribution in [2.24, 2.45) is 11.8 Å². The van der Waals surface area contributed by atoms with Gasteiger partial charge in [-0.25, -0.2) is 0 Å². The normalized spacial score (nSPS) is 19.8. The monoisotopic (exact) mass is 405 g/mol. The SMILES string of the molecule is Cc1cc(N)c(NC(=O)c2ccc(Cl)cc2Cl)cc1N1C[C@H](C)C[C@@H](C)C1. The van der Waals surface area contributed by atoms with Crippen LogP contribution in [0.15, 0.2) is 30.3 Å². The molecule has 144 valence electrons. The zero-order valence-corrected chi connectivity index (χ0v) is 17.4. The van der Waals surface area contributed by atoms with Gasteiger partial charge in [0.05, 0.1) is 22.0 Å². The van der Waals surface area contributed by atoms with Crippen LogP contribution < -0.4 is 16.0 Å². The zero-order valence-electron chi connectivity index (χ0n) is 15.9. The van der Waals surface area contributed by atoms with Gasteiger partial charge in [-0.05, 0) is 61.1 Å². The Morgan fingerprint density at radius 1 is 1.15 bits per heavy atom. The molecule has 1 aliphatic rings. The Kier molecular flexibility index (Phi) is 5.87. The fourth-order valence-corrected chi connectivity index (χ4v) is 4.38. The van der Waals surface area contributed by atoms with E-state index in [4.69, 9.17) is 28.9 Å². The molecule has 2 atom stereocenters. The third-order valence-electron chi connectivity index (χ3n) is 5.00. The molecular formula is C21H25Cl2N3O. The van der Waals surface area contributed by atoms with E-state index in [2.05, 4.69) is 31.0 Å². The summed E-state index contributed by atoms with van der Waals surface area (Å²) in [6.07, 6.45) is 1.24. The number of piperidine rings is 1. The number of carbonyl (C=O) groups is 1. The maximum atomic E-state index is 12.7. The number of hydrogen-bond donors (Lipinski definition) is 2. The maximum absolute atomic E-state index is 12.7. The minimum atomic E-state index is -0.307. The molecule has 6 heteroatoms. The molecule has 2 aromatic carbocycles. The predicted octanol–water partition coefficient (Wildman–Crippen LogP) is 5.62. The quantitative estimate of drug-likeness (QED) is 0.651. The highest BCUT2D eigenvalue weighted by atomic mass is 35.5. The molecule has 1 aliphatic heterocycles. The lowest BCUT2D eigenvalue weighted by atomic mass is 9.91. The Hall–Kier alpha value is -1.91. The largest absolute Gasteiger partial charge is 0.397 e. The first-order valence-electron chi connectivity index (χ1n) is 9.16. The number of aryl methyl sites for hydroxylation is 1. The number of anilines is 3. The zero-order chi connectivity index (χ0) is 19.7. The molecule has 0 bridgehead atoms. The first kappa shape index (κ1) is 19.8. The molecule has 0 aromatic heterocycles. The second kappa shape index (κ2) is 7.99. The molecule has 0 radical (unpaired) electrons. The van der Waals surface area contributed by atoms with Gasteiger partial charge in [0, 0.05) is 23.8 Å². The number of amides is 1. The topological polar surface area (TPSA) is 58.4 Å². The van der Waals surface area contributed by atoms with Crippen LogP contribution in [0.5, 0.6) is 0 Å². The number of halogens is 2. The van der Waals surface area contributed by atoms with E-state index < -0.39 is 0 Å². The van der Waals surface area contributed by atoms with Crippen molar-refractivity contribution in [1.29, 1.82) is 0 Å². The molecule has 3 N–H and O–H groups in total. The van der Waals surface area contributed by atoms with Crippen LogP contribution in [0.25, 0.3) is 0 Å². The fraction of sp³-hybridized carbons (Fsp3) is 0.381. The summed E-state index contributed by atoms with van der Waals surface area (Å²) in [6, 6.07) is 8.69. The van der Waals surface area contributed by atoms with Gasteiger partial charge in [0.1, 0.15) is 0 Å². The Morgan fingerprint density at radius 3 is 2.44 bits per heavy atom. The molecule has 1 heterocycles. The van der Waals surface area contributed by atoms with Crippen molar-refractivity contribution >= 4 is 46.2 Å². The number of benzene rings is 2. The number of nitrogens with zero attached hydrogens (tertiary/aromatic N) is 1. The average molecular weight is 406 g/mol. The van der Waals surface area contributed by atoms with Crippen LogP contribution in [0, 0.1) is 18.8 Å². The van der Waals surface area contributed by atoms with Crippen molar-refractivity contribution in [2.45, 2.75) is 27.2 Å². The van der Waals surface area contributed by atoms with Gasteiger partial charge in [0.15, 0.2) is 0 Å².